The predicted octanol–water partition coefficient (Wildman–Crippen LogP) is 3.54. The van der Waals surface area contributed by atoms with Crippen LogP contribution in [0.2, 0.25) is 5.02 Å². The number of hydrogen-bond acceptors (Lipinski definition) is 3. The van der Waals surface area contributed by atoms with E-state index in [0.29, 0.717) is 11.3 Å². The van der Waals surface area contributed by atoms with Crippen molar-refractivity contribution in [3.63, 3.8) is 0 Å². The Balaban J connectivity index is 2.18. The molecule has 0 aliphatic heterocycles. The lowest BCUT2D eigenvalue weighted by molar-refractivity contribution is 0.0940. The molecule has 0 aromatic heterocycles. The maximum absolute atomic E-state index is 12.5. The quantitative estimate of drug-likeness (QED) is 0.862. The molecule has 2 aromatic rings. The molecule has 2 rings (SSSR count). The molecular formula is C18H21ClN2O3S. The lowest BCUT2D eigenvalue weighted by atomic mass is 10.1. The highest BCUT2D eigenvalue weighted by Gasteiger charge is 2.17. The van der Waals surface area contributed by atoms with Crippen LogP contribution in [0.25, 0.3) is 0 Å². The molecule has 134 valence electrons. The van der Waals surface area contributed by atoms with Crippen molar-refractivity contribution in [2.24, 2.45) is 0 Å². The summed E-state index contributed by atoms with van der Waals surface area (Å²) in [7, 11) is -1.96. The fraction of sp³-hybridized carbons (Fsp3) is 0.278. The van der Waals surface area contributed by atoms with E-state index in [-0.39, 0.29) is 17.0 Å². The third-order valence-electron chi connectivity index (χ3n) is 3.98. The monoisotopic (exact) mass is 380 g/mol. The fourth-order valence-corrected chi connectivity index (χ4v) is 3.05. The highest BCUT2D eigenvalue weighted by atomic mass is 35.5. The molecule has 5 nitrogen and oxygen atoms in total. The number of carbonyl (C=O) groups excluding carboxylic acids is 1. The predicted molar refractivity (Wildman–Crippen MR) is 102 cm³/mol. The van der Waals surface area contributed by atoms with Crippen molar-refractivity contribution in [3.8, 4) is 0 Å². The van der Waals surface area contributed by atoms with Gasteiger partial charge in [-0.15, -0.1) is 0 Å². The summed E-state index contributed by atoms with van der Waals surface area (Å²) in [6, 6.07) is 12.3. The topological polar surface area (TPSA) is 66.5 Å². The third-order valence-corrected chi connectivity index (χ3v) is 5.50. The van der Waals surface area contributed by atoms with Crippen molar-refractivity contribution in [1.82, 2.24) is 5.32 Å². The van der Waals surface area contributed by atoms with E-state index in [2.05, 4.69) is 5.32 Å². The maximum Gasteiger partial charge on any atom is 0.253 e. The van der Waals surface area contributed by atoms with Crippen LogP contribution in [0.3, 0.4) is 0 Å². The van der Waals surface area contributed by atoms with Crippen LogP contribution in [-0.2, 0) is 10.0 Å². The lowest BCUT2D eigenvalue weighted by Crippen LogP contribution is -2.27. The Kier molecular flexibility index (Phi) is 5.75. The maximum atomic E-state index is 12.5. The molecule has 0 spiro atoms. The van der Waals surface area contributed by atoms with Gasteiger partial charge in [-0.1, -0.05) is 41.4 Å². The summed E-state index contributed by atoms with van der Waals surface area (Å²) in [6.45, 7) is 3.89. The van der Waals surface area contributed by atoms with Crippen LogP contribution < -0.4 is 9.62 Å². The first kappa shape index (κ1) is 19.3. The number of carbonyl (C=O) groups is 1. The second-order valence-corrected chi connectivity index (χ2v) is 8.42. The number of aryl methyl sites for hydroxylation is 1. The number of halogens is 1. The molecule has 0 aliphatic carbocycles. The Morgan fingerprint density at radius 2 is 1.76 bits per heavy atom. The summed E-state index contributed by atoms with van der Waals surface area (Å²) in [5, 5.41) is 3.09. The van der Waals surface area contributed by atoms with Gasteiger partial charge in [-0.3, -0.25) is 9.10 Å². The SMILES string of the molecule is Cc1ccc([C@@H](C)NC(=O)c2ccc(N(C)S(C)(=O)=O)cc2Cl)cc1. The van der Waals surface area contributed by atoms with E-state index in [1.54, 1.807) is 6.07 Å². The van der Waals surface area contributed by atoms with Gasteiger partial charge in [-0.2, -0.15) is 0 Å². The van der Waals surface area contributed by atoms with E-state index in [4.69, 9.17) is 11.6 Å². The number of nitrogens with zero attached hydrogens (tertiary/aromatic N) is 1. The zero-order valence-corrected chi connectivity index (χ0v) is 16.1. The normalized spacial score (nSPS) is 12.5. The smallest absolute Gasteiger partial charge is 0.253 e. The van der Waals surface area contributed by atoms with Gasteiger partial charge < -0.3 is 5.32 Å². The van der Waals surface area contributed by atoms with Crippen LogP contribution in [0.5, 0.6) is 0 Å². The lowest BCUT2D eigenvalue weighted by Gasteiger charge is -2.18. The molecule has 0 fully saturated rings. The van der Waals surface area contributed by atoms with E-state index in [9.17, 15) is 13.2 Å². The van der Waals surface area contributed by atoms with Gasteiger partial charge in [0.05, 0.1) is 28.6 Å². The molecule has 1 amide bonds. The Hall–Kier alpha value is -2.05. The molecule has 0 saturated carbocycles. The van der Waals surface area contributed by atoms with Crippen molar-refractivity contribution in [1.29, 1.82) is 0 Å². The molecule has 0 unspecified atom stereocenters. The standard InChI is InChI=1S/C18H21ClN2O3S/c1-12-5-7-14(8-6-12)13(2)20-18(22)16-10-9-15(11-17(16)19)21(3)25(4,23)24/h5-11,13H,1-4H3,(H,20,22)/t13-/m1/s1. The molecule has 0 saturated heterocycles. The van der Waals surface area contributed by atoms with Crippen LogP contribution in [0.15, 0.2) is 42.5 Å². The van der Waals surface area contributed by atoms with Gasteiger partial charge in [0.15, 0.2) is 0 Å². The zero-order chi connectivity index (χ0) is 18.8. The van der Waals surface area contributed by atoms with E-state index in [0.717, 1.165) is 21.7 Å². The van der Waals surface area contributed by atoms with E-state index < -0.39 is 10.0 Å². The van der Waals surface area contributed by atoms with Crippen molar-refractivity contribution in [2.45, 2.75) is 19.9 Å². The van der Waals surface area contributed by atoms with Gasteiger partial charge in [0.25, 0.3) is 5.91 Å². The minimum absolute atomic E-state index is 0.178. The summed E-state index contributed by atoms with van der Waals surface area (Å²) in [5.74, 6) is -0.313. The minimum atomic E-state index is -3.39. The minimum Gasteiger partial charge on any atom is -0.345 e. The van der Waals surface area contributed by atoms with Crippen LogP contribution >= 0.6 is 11.6 Å². The number of nitrogens with one attached hydrogen (secondary N) is 1. The summed E-state index contributed by atoms with van der Waals surface area (Å²) in [4.78, 5) is 12.5. The van der Waals surface area contributed by atoms with Crippen molar-refractivity contribution in [2.75, 3.05) is 17.6 Å². The summed E-state index contributed by atoms with van der Waals surface area (Å²) >= 11 is 6.19. The number of rotatable bonds is 5. The van der Waals surface area contributed by atoms with Crippen molar-refractivity contribution < 1.29 is 13.2 Å². The highest BCUT2D eigenvalue weighted by molar-refractivity contribution is 7.92. The van der Waals surface area contributed by atoms with Gasteiger partial charge in [-0.25, -0.2) is 8.42 Å². The molecule has 25 heavy (non-hydrogen) atoms. The number of hydrogen-bond donors (Lipinski definition) is 1. The summed E-state index contributed by atoms with van der Waals surface area (Å²) in [5.41, 5.74) is 2.83. The average Bonchev–Trinajstić information content (AvgIpc) is 2.53. The van der Waals surface area contributed by atoms with Crippen molar-refractivity contribution >= 4 is 33.2 Å². The van der Waals surface area contributed by atoms with Gasteiger partial charge >= 0.3 is 0 Å². The van der Waals surface area contributed by atoms with E-state index in [1.165, 1.54) is 19.2 Å². The van der Waals surface area contributed by atoms with Crippen molar-refractivity contribution in [3.05, 3.63) is 64.2 Å². The van der Waals surface area contributed by atoms with E-state index in [1.807, 2.05) is 38.1 Å². The number of benzene rings is 2. The Morgan fingerprint density at radius 1 is 1.16 bits per heavy atom. The van der Waals surface area contributed by atoms with Crippen LogP contribution in [-0.4, -0.2) is 27.6 Å². The Labute approximate surface area is 153 Å². The number of amides is 1. The zero-order valence-electron chi connectivity index (χ0n) is 14.6. The van der Waals surface area contributed by atoms with Gasteiger partial charge in [0.2, 0.25) is 10.0 Å². The molecular weight excluding hydrogens is 360 g/mol. The van der Waals surface area contributed by atoms with Crippen LogP contribution in [0.1, 0.15) is 34.5 Å². The Bertz CT molecular complexity index is 880. The second-order valence-electron chi connectivity index (χ2n) is 6.00. The molecule has 2 aromatic carbocycles. The first-order valence-electron chi connectivity index (χ1n) is 7.70. The van der Waals surface area contributed by atoms with Gasteiger partial charge in [0.1, 0.15) is 0 Å². The highest BCUT2D eigenvalue weighted by Crippen LogP contribution is 2.25. The number of sulfonamides is 1. The molecule has 7 heteroatoms. The third kappa shape index (κ3) is 4.74. The number of anilines is 1. The second kappa shape index (κ2) is 7.45. The first-order chi connectivity index (χ1) is 11.6. The largest absolute Gasteiger partial charge is 0.345 e. The van der Waals surface area contributed by atoms with Crippen LogP contribution in [0.4, 0.5) is 5.69 Å². The molecule has 1 N–H and O–H groups in total. The molecule has 0 aliphatic rings. The summed E-state index contributed by atoms with van der Waals surface area (Å²) < 4.78 is 24.3. The van der Waals surface area contributed by atoms with Gasteiger partial charge in [-0.05, 0) is 37.6 Å². The van der Waals surface area contributed by atoms with Crippen LogP contribution in [0, 0.1) is 6.92 Å². The van der Waals surface area contributed by atoms with Gasteiger partial charge in [0, 0.05) is 7.05 Å². The van der Waals surface area contributed by atoms with E-state index >= 15 is 0 Å². The molecule has 0 radical (unpaired) electrons. The fourth-order valence-electron chi connectivity index (χ4n) is 2.29. The molecule has 1 atom stereocenters. The molecule has 0 heterocycles. The average molecular weight is 381 g/mol. The molecule has 0 bridgehead atoms. The Morgan fingerprint density at radius 3 is 2.28 bits per heavy atom. The summed E-state index contributed by atoms with van der Waals surface area (Å²) in [6.07, 6.45) is 1.10. The first-order valence-corrected chi connectivity index (χ1v) is 9.93.